The maximum atomic E-state index is 12.4. The lowest BCUT2D eigenvalue weighted by molar-refractivity contribution is 0.102. The molecule has 4 rings (SSSR count). The molecule has 1 amide bonds. The van der Waals surface area contributed by atoms with Gasteiger partial charge in [0, 0.05) is 22.6 Å². The topological polar surface area (TPSA) is 41.1 Å². The van der Waals surface area contributed by atoms with Gasteiger partial charge in [0.05, 0.1) is 0 Å². The molecule has 0 atom stereocenters. The van der Waals surface area contributed by atoms with E-state index in [2.05, 4.69) is 60.5 Å². The average Bonchev–Trinajstić information content (AvgIpc) is 2.81. The standard InChI is InChI=1S/C29H26N2O/c1-20-4-8-23(9-5-20)22(3)30-27-16-12-24(13-17-27)25-14-18-28(19-15-25)31-29(32)26-10-6-21(2)7-11-26/h4-19,30H,3H2,1-2H3,(H,31,32). The third-order valence-electron chi connectivity index (χ3n) is 5.37. The van der Waals surface area contributed by atoms with E-state index in [4.69, 9.17) is 0 Å². The van der Waals surface area contributed by atoms with Crippen LogP contribution >= 0.6 is 0 Å². The summed E-state index contributed by atoms with van der Waals surface area (Å²) in [6.07, 6.45) is 0. The molecule has 3 nitrogen and oxygen atoms in total. The number of aryl methyl sites for hydroxylation is 2. The van der Waals surface area contributed by atoms with E-state index in [1.807, 2.05) is 67.6 Å². The minimum Gasteiger partial charge on any atom is -0.356 e. The number of hydrogen-bond donors (Lipinski definition) is 2. The highest BCUT2D eigenvalue weighted by Gasteiger charge is 2.06. The van der Waals surface area contributed by atoms with Crippen molar-refractivity contribution in [3.63, 3.8) is 0 Å². The van der Waals surface area contributed by atoms with Crippen molar-refractivity contribution in [1.29, 1.82) is 0 Å². The highest BCUT2D eigenvalue weighted by atomic mass is 16.1. The number of hydrogen-bond acceptors (Lipinski definition) is 2. The van der Waals surface area contributed by atoms with Crippen LogP contribution in [0.5, 0.6) is 0 Å². The van der Waals surface area contributed by atoms with Crippen molar-refractivity contribution < 1.29 is 4.79 Å². The summed E-state index contributed by atoms with van der Waals surface area (Å²) in [5.74, 6) is -0.109. The summed E-state index contributed by atoms with van der Waals surface area (Å²) in [5, 5.41) is 6.31. The lowest BCUT2D eigenvalue weighted by Gasteiger charge is -2.11. The molecule has 0 fully saturated rings. The van der Waals surface area contributed by atoms with Crippen LogP contribution in [0.25, 0.3) is 16.8 Å². The van der Waals surface area contributed by atoms with Gasteiger partial charge in [-0.15, -0.1) is 0 Å². The Morgan fingerprint density at radius 3 is 1.44 bits per heavy atom. The molecular formula is C29H26N2O. The molecule has 4 aromatic carbocycles. The largest absolute Gasteiger partial charge is 0.356 e. The van der Waals surface area contributed by atoms with E-state index >= 15 is 0 Å². The van der Waals surface area contributed by atoms with Crippen LogP contribution in [-0.4, -0.2) is 5.91 Å². The van der Waals surface area contributed by atoms with Crippen molar-refractivity contribution in [2.75, 3.05) is 10.6 Å². The highest BCUT2D eigenvalue weighted by Crippen LogP contribution is 2.25. The van der Waals surface area contributed by atoms with Crippen LogP contribution in [0.15, 0.2) is 104 Å². The van der Waals surface area contributed by atoms with Crippen molar-refractivity contribution in [2.24, 2.45) is 0 Å². The SMILES string of the molecule is C=C(Nc1ccc(-c2ccc(NC(=O)c3ccc(C)cc3)cc2)cc1)c1ccc(C)cc1. The van der Waals surface area contributed by atoms with Crippen LogP contribution in [0.2, 0.25) is 0 Å². The molecule has 0 saturated heterocycles. The smallest absolute Gasteiger partial charge is 0.255 e. The second-order valence-corrected chi connectivity index (χ2v) is 7.94. The van der Waals surface area contributed by atoms with Gasteiger partial charge in [-0.3, -0.25) is 4.79 Å². The maximum Gasteiger partial charge on any atom is 0.255 e. The molecule has 0 spiro atoms. The van der Waals surface area contributed by atoms with Crippen LogP contribution in [0, 0.1) is 13.8 Å². The summed E-state index contributed by atoms with van der Waals surface area (Å²) in [6.45, 7) is 8.22. The molecule has 0 aliphatic rings. The van der Waals surface area contributed by atoms with Crippen LogP contribution in [0.1, 0.15) is 27.0 Å². The van der Waals surface area contributed by atoms with Crippen LogP contribution < -0.4 is 10.6 Å². The molecule has 3 heteroatoms. The Morgan fingerprint density at radius 1 is 0.562 bits per heavy atom. The van der Waals surface area contributed by atoms with E-state index in [-0.39, 0.29) is 5.91 Å². The minimum absolute atomic E-state index is 0.109. The van der Waals surface area contributed by atoms with Gasteiger partial charge < -0.3 is 10.6 Å². The number of carbonyl (C=O) groups is 1. The summed E-state index contributed by atoms with van der Waals surface area (Å²) in [7, 11) is 0. The van der Waals surface area contributed by atoms with Gasteiger partial charge in [0.25, 0.3) is 5.91 Å². The zero-order valence-electron chi connectivity index (χ0n) is 18.4. The second-order valence-electron chi connectivity index (χ2n) is 7.94. The van der Waals surface area contributed by atoms with E-state index in [9.17, 15) is 4.79 Å². The number of nitrogens with one attached hydrogen (secondary N) is 2. The first-order valence-corrected chi connectivity index (χ1v) is 10.6. The third kappa shape index (κ3) is 5.13. The lowest BCUT2D eigenvalue weighted by Crippen LogP contribution is -2.11. The van der Waals surface area contributed by atoms with Gasteiger partial charge in [-0.25, -0.2) is 0 Å². The van der Waals surface area contributed by atoms with Crippen LogP contribution in [-0.2, 0) is 0 Å². The first kappa shape index (κ1) is 21.1. The molecule has 0 aliphatic heterocycles. The van der Waals surface area contributed by atoms with Gasteiger partial charge in [-0.1, -0.05) is 78.4 Å². The predicted octanol–water partition coefficient (Wildman–Crippen LogP) is 7.31. The molecule has 32 heavy (non-hydrogen) atoms. The Kier molecular flexibility index (Phi) is 6.18. The number of rotatable bonds is 6. The minimum atomic E-state index is -0.109. The molecule has 0 saturated carbocycles. The van der Waals surface area contributed by atoms with Crippen molar-refractivity contribution in [2.45, 2.75) is 13.8 Å². The molecule has 0 heterocycles. The van der Waals surface area contributed by atoms with Gasteiger partial charge in [0.2, 0.25) is 0 Å². The van der Waals surface area contributed by atoms with Gasteiger partial charge in [0.1, 0.15) is 0 Å². The summed E-state index contributed by atoms with van der Waals surface area (Å²) in [6, 6.07) is 31.9. The number of benzene rings is 4. The second kappa shape index (κ2) is 9.36. The van der Waals surface area contributed by atoms with E-state index in [1.54, 1.807) is 0 Å². The molecule has 0 bridgehead atoms. The Bertz CT molecular complexity index is 1120. The lowest BCUT2D eigenvalue weighted by atomic mass is 10.0. The fourth-order valence-corrected chi connectivity index (χ4v) is 3.40. The average molecular weight is 419 g/mol. The van der Waals surface area contributed by atoms with E-state index in [1.165, 1.54) is 5.56 Å². The quantitative estimate of drug-likeness (QED) is 0.345. The monoisotopic (exact) mass is 418 g/mol. The summed E-state index contributed by atoms with van der Waals surface area (Å²) in [4.78, 5) is 12.4. The zero-order chi connectivity index (χ0) is 22.5. The number of carbonyl (C=O) groups excluding carboxylic acids is 1. The Morgan fingerprint density at radius 2 is 0.969 bits per heavy atom. The molecule has 0 radical (unpaired) electrons. The zero-order valence-corrected chi connectivity index (χ0v) is 18.4. The van der Waals surface area contributed by atoms with Crippen molar-refractivity contribution in [3.8, 4) is 11.1 Å². The van der Waals surface area contributed by atoms with Gasteiger partial charge in [0.15, 0.2) is 0 Å². The highest BCUT2D eigenvalue weighted by molar-refractivity contribution is 6.04. The van der Waals surface area contributed by atoms with Gasteiger partial charge in [-0.05, 0) is 66.9 Å². The first-order valence-electron chi connectivity index (χ1n) is 10.6. The summed E-state index contributed by atoms with van der Waals surface area (Å²) >= 11 is 0. The first-order chi connectivity index (χ1) is 15.5. The van der Waals surface area contributed by atoms with E-state index < -0.39 is 0 Å². The molecule has 2 N–H and O–H groups in total. The van der Waals surface area contributed by atoms with Gasteiger partial charge >= 0.3 is 0 Å². The Hall–Kier alpha value is -4.11. The molecule has 0 unspecified atom stereocenters. The normalized spacial score (nSPS) is 10.4. The Balaban J connectivity index is 1.39. The molecule has 0 aromatic heterocycles. The van der Waals surface area contributed by atoms with Crippen molar-refractivity contribution >= 4 is 23.0 Å². The fourth-order valence-electron chi connectivity index (χ4n) is 3.40. The maximum absolute atomic E-state index is 12.4. The predicted molar refractivity (Wildman–Crippen MR) is 135 cm³/mol. The fraction of sp³-hybridized carbons (Fsp3) is 0.0690. The summed E-state index contributed by atoms with van der Waals surface area (Å²) in [5.41, 5.74) is 8.89. The van der Waals surface area contributed by atoms with Crippen molar-refractivity contribution in [1.82, 2.24) is 0 Å². The van der Waals surface area contributed by atoms with E-state index in [0.29, 0.717) is 5.56 Å². The number of anilines is 2. The van der Waals surface area contributed by atoms with Gasteiger partial charge in [-0.2, -0.15) is 0 Å². The summed E-state index contributed by atoms with van der Waals surface area (Å²) < 4.78 is 0. The van der Waals surface area contributed by atoms with Crippen LogP contribution in [0.4, 0.5) is 11.4 Å². The molecule has 4 aromatic rings. The van der Waals surface area contributed by atoms with E-state index in [0.717, 1.165) is 39.3 Å². The van der Waals surface area contributed by atoms with Crippen LogP contribution in [0.3, 0.4) is 0 Å². The molecule has 158 valence electrons. The third-order valence-corrected chi connectivity index (χ3v) is 5.37. The molecule has 0 aliphatic carbocycles. The van der Waals surface area contributed by atoms with Crippen molar-refractivity contribution in [3.05, 3.63) is 126 Å². The molecular weight excluding hydrogens is 392 g/mol. The number of amides is 1. The Labute approximate surface area is 189 Å².